The molecule has 1 heterocycles. The molecule has 0 radical (unpaired) electrons. The lowest BCUT2D eigenvalue weighted by molar-refractivity contribution is 0.522. The molecule has 0 amide bonds. The molecule has 0 spiro atoms. The normalized spacial score (nSPS) is 11.4. The van der Waals surface area contributed by atoms with Gasteiger partial charge >= 0.3 is 0 Å². The van der Waals surface area contributed by atoms with Crippen LogP contribution in [0.3, 0.4) is 0 Å². The van der Waals surface area contributed by atoms with Gasteiger partial charge < -0.3 is 4.42 Å². The van der Waals surface area contributed by atoms with Crippen molar-refractivity contribution in [1.29, 1.82) is 0 Å². The van der Waals surface area contributed by atoms with Crippen molar-refractivity contribution in [3.8, 4) is 0 Å². The Balaban J connectivity index is 1.77. The van der Waals surface area contributed by atoms with Crippen LogP contribution in [0.4, 0.5) is 0 Å². The number of allylic oxidation sites excluding steroid dienone is 2. The maximum atomic E-state index is 5.29. The van der Waals surface area contributed by atoms with Crippen molar-refractivity contribution >= 4 is 0 Å². The minimum absolute atomic E-state index is 0.935. The number of rotatable bonds is 13. The molecule has 1 nitrogen and oxygen atoms in total. The molecule has 0 N–H and O–H groups in total. The van der Waals surface area contributed by atoms with Crippen LogP contribution in [-0.2, 0) is 6.42 Å². The highest BCUT2D eigenvalue weighted by Crippen LogP contribution is 2.11. The molecule has 0 unspecified atom stereocenters. The summed E-state index contributed by atoms with van der Waals surface area (Å²) >= 11 is 0. The van der Waals surface area contributed by atoms with Crippen molar-refractivity contribution in [2.75, 3.05) is 0 Å². The van der Waals surface area contributed by atoms with E-state index in [1.807, 2.05) is 12.1 Å². The maximum absolute atomic E-state index is 5.29. The van der Waals surface area contributed by atoms with Crippen LogP contribution in [0.5, 0.6) is 0 Å². The van der Waals surface area contributed by atoms with E-state index in [0.29, 0.717) is 0 Å². The van der Waals surface area contributed by atoms with Crippen LogP contribution in [0, 0.1) is 0 Å². The Kier molecular flexibility index (Phi) is 11.1. The monoisotopic (exact) mass is 276 g/mol. The Morgan fingerprint density at radius 2 is 1.50 bits per heavy atom. The first kappa shape index (κ1) is 17.1. The van der Waals surface area contributed by atoms with Gasteiger partial charge in [-0.1, -0.05) is 76.9 Å². The van der Waals surface area contributed by atoms with Crippen LogP contribution in [-0.4, -0.2) is 0 Å². The summed E-state index contributed by atoms with van der Waals surface area (Å²) in [5, 5.41) is 0. The fourth-order valence-corrected chi connectivity index (χ4v) is 2.50. The van der Waals surface area contributed by atoms with Crippen molar-refractivity contribution in [3.05, 3.63) is 36.3 Å². The quantitative estimate of drug-likeness (QED) is 0.289. The Labute approximate surface area is 125 Å². The number of furan rings is 1. The van der Waals surface area contributed by atoms with Gasteiger partial charge in [0.1, 0.15) is 5.76 Å². The van der Waals surface area contributed by atoms with E-state index in [9.17, 15) is 0 Å². The second-order valence-electron chi connectivity index (χ2n) is 5.73. The third-order valence-electron chi connectivity index (χ3n) is 3.79. The Bertz CT molecular complexity index is 311. The highest BCUT2D eigenvalue weighted by Gasteiger charge is 1.92. The summed E-state index contributed by atoms with van der Waals surface area (Å²) in [7, 11) is 0. The summed E-state index contributed by atoms with van der Waals surface area (Å²) in [4.78, 5) is 0. The van der Waals surface area contributed by atoms with E-state index in [1.54, 1.807) is 6.26 Å². The predicted molar refractivity (Wildman–Crippen MR) is 88.0 cm³/mol. The van der Waals surface area contributed by atoms with Gasteiger partial charge in [-0.3, -0.25) is 0 Å². The van der Waals surface area contributed by atoms with Gasteiger partial charge in [-0.15, -0.1) is 0 Å². The molecule has 0 atom stereocenters. The van der Waals surface area contributed by atoms with Gasteiger partial charge in [0.05, 0.1) is 6.26 Å². The number of hydrogen-bond donors (Lipinski definition) is 0. The molecule has 1 rings (SSSR count). The zero-order valence-corrected chi connectivity index (χ0v) is 13.3. The smallest absolute Gasteiger partial charge is 0.107 e. The zero-order chi connectivity index (χ0) is 14.3. The molecule has 0 fully saturated rings. The Morgan fingerprint density at radius 1 is 0.850 bits per heavy atom. The molecule has 0 aliphatic rings. The molecule has 0 bridgehead atoms. The van der Waals surface area contributed by atoms with Gasteiger partial charge in [0.15, 0.2) is 0 Å². The van der Waals surface area contributed by atoms with E-state index in [1.165, 1.54) is 70.6 Å². The summed E-state index contributed by atoms with van der Waals surface area (Å²) < 4.78 is 5.29. The molecule has 0 aromatic carbocycles. The lowest BCUT2D eigenvalue weighted by Gasteiger charge is -2.01. The van der Waals surface area contributed by atoms with Gasteiger partial charge in [0, 0.05) is 6.42 Å². The topological polar surface area (TPSA) is 13.1 Å². The van der Waals surface area contributed by atoms with Gasteiger partial charge in [0.2, 0.25) is 0 Å². The Morgan fingerprint density at radius 3 is 2.10 bits per heavy atom. The van der Waals surface area contributed by atoms with Crippen LogP contribution < -0.4 is 0 Å². The standard InChI is InChI=1S/C19H32O/c1-2-3-4-5-6-7-8-9-10-11-12-13-14-16-19-17-15-18-20-19/h13-15,17-18H,2-12,16H2,1H3/b14-13+. The molecule has 0 aliphatic carbocycles. The van der Waals surface area contributed by atoms with Crippen LogP contribution in [0.1, 0.15) is 83.3 Å². The van der Waals surface area contributed by atoms with Gasteiger partial charge in [-0.25, -0.2) is 0 Å². The van der Waals surface area contributed by atoms with Crippen molar-refractivity contribution in [1.82, 2.24) is 0 Å². The maximum Gasteiger partial charge on any atom is 0.107 e. The number of unbranched alkanes of at least 4 members (excludes halogenated alkanes) is 10. The molecule has 1 heteroatoms. The zero-order valence-electron chi connectivity index (χ0n) is 13.3. The molecule has 20 heavy (non-hydrogen) atoms. The van der Waals surface area contributed by atoms with Crippen molar-refractivity contribution in [2.24, 2.45) is 0 Å². The van der Waals surface area contributed by atoms with E-state index >= 15 is 0 Å². The second-order valence-corrected chi connectivity index (χ2v) is 5.73. The highest BCUT2D eigenvalue weighted by molar-refractivity contribution is 5.03. The second kappa shape index (κ2) is 13.0. The first-order valence-corrected chi connectivity index (χ1v) is 8.61. The number of hydrogen-bond acceptors (Lipinski definition) is 1. The van der Waals surface area contributed by atoms with Gasteiger partial charge in [-0.05, 0) is 25.0 Å². The van der Waals surface area contributed by atoms with Crippen molar-refractivity contribution in [2.45, 2.75) is 84.0 Å². The summed E-state index contributed by atoms with van der Waals surface area (Å²) in [6.07, 6.45) is 22.6. The van der Waals surface area contributed by atoms with E-state index in [2.05, 4.69) is 19.1 Å². The molecule has 0 aliphatic heterocycles. The lowest BCUT2D eigenvalue weighted by atomic mass is 10.1. The predicted octanol–water partition coefficient (Wildman–Crippen LogP) is 6.69. The minimum Gasteiger partial charge on any atom is -0.469 e. The minimum atomic E-state index is 0.935. The summed E-state index contributed by atoms with van der Waals surface area (Å²) in [6.45, 7) is 2.28. The summed E-state index contributed by atoms with van der Waals surface area (Å²) in [6, 6.07) is 3.98. The van der Waals surface area contributed by atoms with E-state index in [4.69, 9.17) is 4.42 Å². The molecule has 1 aromatic rings. The van der Waals surface area contributed by atoms with E-state index < -0.39 is 0 Å². The molecule has 0 saturated heterocycles. The van der Waals surface area contributed by atoms with E-state index in [-0.39, 0.29) is 0 Å². The molecular weight excluding hydrogens is 244 g/mol. The van der Waals surface area contributed by atoms with Gasteiger partial charge in [0.25, 0.3) is 0 Å². The first-order valence-electron chi connectivity index (χ1n) is 8.61. The molecule has 1 aromatic heterocycles. The fraction of sp³-hybridized carbons (Fsp3) is 0.684. The summed E-state index contributed by atoms with van der Waals surface area (Å²) in [5.74, 6) is 1.06. The summed E-state index contributed by atoms with van der Waals surface area (Å²) in [5.41, 5.74) is 0. The molecule has 114 valence electrons. The highest BCUT2D eigenvalue weighted by atomic mass is 16.3. The largest absolute Gasteiger partial charge is 0.469 e. The van der Waals surface area contributed by atoms with Gasteiger partial charge in [-0.2, -0.15) is 0 Å². The SMILES string of the molecule is CCCCCCCCCCCC/C=C/Cc1ccco1. The van der Waals surface area contributed by atoms with E-state index in [0.717, 1.165) is 12.2 Å². The van der Waals surface area contributed by atoms with Crippen LogP contribution in [0.25, 0.3) is 0 Å². The lowest BCUT2D eigenvalue weighted by Crippen LogP contribution is -1.81. The first-order chi connectivity index (χ1) is 9.93. The van der Waals surface area contributed by atoms with Crippen LogP contribution in [0.2, 0.25) is 0 Å². The fourth-order valence-electron chi connectivity index (χ4n) is 2.50. The van der Waals surface area contributed by atoms with Crippen molar-refractivity contribution < 1.29 is 4.42 Å². The van der Waals surface area contributed by atoms with Crippen LogP contribution >= 0.6 is 0 Å². The molecular formula is C19H32O. The molecule has 0 saturated carbocycles. The Hall–Kier alpha value is -0.980. The van der Waals surface area contributed by atoms with Crippen molar-refractivity contribution in [3.63, 3.8) is 0 Å². The third kappa shape index (κ3) is 9.89. The third-order valence-corrected chi connectivity index (χ3v) is 3.79. The van der Waals surface area contributed by atoms with Crippen LogP contribution in [0.15, 0.2) is 35.0 Å². The average molecular weight is 276 g/mol. The average Bonchev–Trinajstić information content (AvgIpc) is 2.97.